The predicted molar refractivity (Wildman–Crippen MR) is 56.5 cm³/mol. The highest BCUT2D eigenvalue weighted by Gasteiger charge is 2.02. The van der Waals surface area contributed by atoms with Crippen LogP contribution in [-0.2, 0) is 4.79 Å². The molecule has 4 N–H and O–H groups in total. The third-order valence-corrected chi connectivity index (χ3v) is 1.84. The van der Waals surface area contributed by atoms with Crippen LogP contribution in [0.5, 0.6) is 0 Å². The number of nitrogens with two attached hydrogens (primary N) is 1. The van der Waals surface area contributed by atoms with Crippen molar-refractivity contribution in [3.05, 3.63) is 29.3 Å². The van der Waals surface area contributed by atoms with Crippen molar-refractivity contribution in [1.29, 1.82) is 5.41 Å². The van der Waals surface area contributed by atoms with Gasteiger partial charge in [0.05, 0.1) is 0 Å². The summed E-state index contributed by atoms with van der Waals surface area (Å²) in [5.74, 6) is -0.0724. The third kappa shape index (κ3) is 2.32. The molecule has 0 atom stereocenters. The Kier molecular flexibility index (Phi) is 2.86. The highest BCUT2D eigenvalue weighted by molar-refractivity contribution is 5.97. The minimum atomic E-state index is -0.111. The van der Waals surface area contributed by atoms with Gasteiger partial charge in [-0.05, 0) is 30.7 Å². The number of anilines is 1. The van der Waals surface area contributed by atoms with Crippen molar-refractivity contribution in [2.75, 3.05) is 5.32 Å². The molecule has 0 radical (unpaired) electrons. The number of carbonyl (C=O) groups is 1. The molecule has 0 aliphatic carbocycles. The van der Waals surface area contributed by atoms with Crippen molar-refractivity contribution in [1.82, 2.24) is 0 Å². The lowest BCUT2D eigenvalue weighted by atomic mass is 10.1. The number of aryl methyl sites for hydroxylation is 1. The molecule has 0 saturated heterocycles. The van der Waals surface area contributed by atoms with E-state index in [1.54, 1.807) is 18.2 Å². The van der Waals surface area contributed by atoms with Crippen LogP contribution in [0, 0.1) is 12.3 Å². The Morgan fingerprint density at radius 1 is 1.50 bits per heavy atom. The van der Waals surface area contributed by atoms with Crippen molar-refractivity contribution in [3.63, 3.8) is 0 Å². The molecule has 0 aliphatic heterocycles. The first kappa shape index (κ1) is 10.2. The number of benzene rings is 1. The van der Waals surface area contributed by atoms with Gasteiger partial charge in [-0.15, -0.1) is 0 Å². The fourth-order valence-corrected chi connectivity index (χ4v) is 1.25. The average Bonchev–Trinajstić information content (AvgIpc) is 2.01. The Balaban J connectivity index is 3.00. The number of nitrogen functional groups attached to an aromatic ring is 1. The maximum absolute atomic E-state index is 10.8. The zero-order chi connectivity index (χ0) is 10.7. The van der Waals surface area contributed by atoms with Crippen LogP contribution in [0.4, 0.5) is 5.69 Å². The molecule has 14 heavy (non-hydrogen) atoms. The lowest BCUT2D eigenvalue weighted by Gasteiger charge is -2.07. The van der Waals surface area contributed by atoms with Crippen molar-refractivity contribution in [3.8, 4) is 0 Å². The standard InChI is InChI=1S/C10H13N3O/c1-6-5-8(13-7(2)14)3-4-9(6)10(11)12/h3-5H,1-2H3,(H3,11,12)(H,13,14). The normalized spacial score (nSPS) is 9.57. The van der Waals surface area contributed by atoms with Crippen molar-refractivity contribution in [2.45, 2.75) is 13.8 Å². The predicted octanol–water partition coefficient (Wildman–Crippen LogP) is 1.24. The van der Waals surface area contributed by atoms with E-state index in [0.29, 0.717) is 5.56 Å². The summed E-state index contributed by atoms with van der Waals surface area (Å²) in [7, 11) is 0. The van der Waals surface area contributed by atoms with Gasteiger partial charge in [-0.1, -0.05) is 0 Å². The SMILES string of the molecule is CC(=O)Nc1ccc(C(=N)N)c(C)c1. The first-order valence-electron chi connectivity index (χ1n) is 4.23. The smallest absolute Gasteiger partial charge is 0.221 e. The monoisotopic (exact) mass is 191 g/mol. The van der Waals surface area contributed by atoms with Crippen LogP contribution in [0.3, 0.4) is 0 Å². The van der Waals surface area contributed by atoms with Crippen LogP contribution < -0.4 is 11.1 Å². The molecule has 0 unspecified atom stereocenters. The zero-order valence-corrected chi connectivity index (χ0v) is 8.22. The van der Waals surface area contributed by atoms with Crippen LogP contribution in [0.15, 0.2) is 18.2 Å². The maximum atomic E-state index is 10.8. The van der Waals surface area contributed by atoms with Crippen molar-refractivity contribution in [2.24, 2.45) is 5.73 Å². The van der Waals surface area contributed by atoms with E-state index < -0.39 is 0 Å². The van der Waals surface area contributed by atoms with Gasteiger partial charge in [-0.3, -0.25) is 10.2 Å². The van der Waals surface area contributed by atoms with E-state index >= 15 is 0 Å². The molecule has 0 spiro atoms. The minimum Gasteiger partial charge on any atom is -0.384 e. The third-order valence-electron chi connectivity index (χ3n) is 1.84. The Bertz CT molecular complexity index is 385. The molecule has 74 valence electrons. The number of hydrogen-bond acceptors (Lipinski definition) is 2. The molecule has 0 heterocycles. The molecule has 1 amide bonds. The van der Waals surface area contributed by atoms with Gasteiger partial charge in [-0.25, -0.2) is 0 Å². The van der Waals surface area contributed by atoms with E-state index in [9.17, 15) is 4.79 Å². The second kappa shape index (κ2) is 3.91. The van der Waals surface area contributed by atoms with Crippen molar-refractivity contribution >= 4 is 17.4 Å². The summed E-state index contributed by atoms with van der Waals surface area (Å²) in [6, 6.07) is 5.24. The second-order valence-corrected chi connectivity index (χ2v) is 3.12. The Morgan fingerprint density at radius 3 is 2.57 bits per heavy atom. The van der Waals surface area contributed by atoms with E-state index in [1.165, 1.54) is 6.92 Å². The molecule has 0 saturated carbocycles. The van der Waals surface area contributed by atoms with E-state index in [4.69, 9.17) is 11.1 Å². The Labute approximate surface area is 82.6 Å². The van der Waals surface area contributed by atoms with Gasteiger partial charge < -0.3 is 11.1 Å². The first-order valence-corrected chi connectivity index (χ1v) is 4.23. The molecule has 0 fully saturated rings. The summed E-state index contributed by atoms with van der Waals surface area (Å²) in [6.07, 6.45) is 0. The number of carbonyl (C=O) groups excluding carboxylic acids is 1. The van der Waals surface area contributed by atoms with E-state index in [-0.39, 0.29) is 11.7 Å². The van der Waals surface area contributed by atoms with E-state index in [0.717, 1.165) is 11.3 Å². The molecule has 4 nitrogen and oxygen atoms in total. The topological polar surface area (TPSA) is 79.0 Å². The highest BCUT2D eigenvalue weighted by atomic mass is 16.1. The molecule has 0 aromatic heterocycles. The minimum absolute atomic E-state index is 0.0388. The number of amidine groups is 1. The molecular formula is C10H13N3O. The summed E-state index contributed by atoms with van der Waals surface area (Å²) in [5, 5.41) is 9.94. The summed E-state index contributed by atoms with van der Waals surface area (Å²) in [6.45, 7) is 3.30. The van der Waals surface area contributed by atoms with Crippen LogP contribution in [0.1, 0.15) is 18.1 Å². The molecule has 1 rings (SSSR count). The van der Waals surface area contributed by atoms with Crippen LogP contribution in [0.25, 0.3) is 0 Å². The molecule has 0 aliphatic rings. The fourth-order valence-electron chi connectivity index (χ4n) is 1.25. The van der Waals surface area contributed by atoms with Gasteiger partial charge in [0.2, 0.25) is 5.91 Å². The van der Waals surface area contributed by atoms with Gasteiger partial charge in [0.1, 0.15) is 5.84 Å². The van der Waals surface area contributed by atoms with Crippen LogP contribution >= 0.6 is 0 Å². The first-order chi connectivity index (χ1) is 6.50. The van der Waals surface area contributed by atoms with Gasteiger partial charge in [0, 0.05) is 18.2 Å². The van der Waals surface area contributed by atoms with E-state index in [1.807, 2.05) is 6.92 Å². The molecule has 0 bridgehead atoms. The molecular weight excluding hydrogens is 178 g/mol. The fraction of sp³-hybridized carbons (Fsp3) is 0.200. The maximum Gasteiger partial charge on any atom is 0.221 e. The van der Waals surface area contributed by atoms with Crippen LogP contribution in [-0.4, -0.2) is 11.7 Å². The number of nitrogens with one attached hydrogen (secondary N) is 2. The van der Waals surface area contributed by atoms with E-state index in [2.05, 4.69) is 5.32 Å². The summed E-state index contributed by atoms with van der Waals surface area (Å²) >= 11 is 0. The molecule has 4 heteroatoms. The number of amides is 1. The van der Waals surface area contributed by atoms with Gasteiger partial charge in [0.15, 0.2) is 0 Å². The van der Waals surface area contributed by atoms with Gasteiger partial charge in [-0.2, -0.15) is 0 Å². The lowest BCUT2D eigenvalue weighted by Crippen LogP contribution is -2.13. The van der Waals surface area contributed by atoms with Crippen molar-refractivity contribution < 1.29 is 4.79 Å². The summed E-state index contributed by atoms with van der Waals surface area (Å²) < 4.78 is 0. The quantitative estimate of drug-likeness (QED) is 0.485. The van der Waals surface area contributed by atoms with Crippen LogP contribution in [0.2, 0.25) is 0 Å². The number of hydrogen-bond donors (Lipinski definition) is 3. The summed E-state index contributed by atoms with van der Waals surface area (Å²) in [5.41, 5.74) is 7.66. The molecule has 1 aromatic carbocycles. The lowest BCUT2D eigenvalue weighted by molar-refractivity contribution is -0.114. The summed E-state index contributed by atoms with van der Waals surface area (Å²) in [4.78, 5) is 10.8. The largest absolute Gasteiger partial charge is 0.384 e. The average molecular weight is 191 g/mol. The Hall–Kier alpha value is -1.84. The number of rotatable bonds is 2. The van der Waals surface area contributed by atoms with Gasteiger partial charge in [0.25, 0.3) is 0 Å². The van der Waals surface area contributed by atoms with Gasteiger partial charge >= 0.3 is 0 Å². The zero-order valence-electron chi connectivity index (χ0n) is 8.22. The second-order valence-electron chi connectivity index (χ2n) is 3.12. The Morgan fingerprint density at radius 2 is 2.14 bits per heavy atom. The highest BCUT2D eigenvalue weighted by Crippen LogP contribution is 2.14. The molecule has 1 aromatic rings.